The molecule has 196 valence electrons. The van der Waals surface area contributed by atoms with Crippen molar-refractivity contribution in [1.29, 1.82) is 0 Å². The smallest absolute Gasteiger partial charge is 0.230 e. The second-order valence-electron chi connectivity index (χ2n) is 8.65. The fraction of sp³-hybridized carbons (Fsp3) is 0.458. The Balaban J connectivity index is 0.000000473. The number of aryl methyl sites for hydroxylation is 1. The molecule has 2 bridgehead atoms. The first kappa shape index (κ1) is 28.2. The first-order valence-electron chi connectivity index (χ1n) is 11.9. The molecule has 0 saturated heterocycles. The van der Waals surface area contributed by atoms with Crippen molar-refractivity contribution in [2.24, 2.45) is 18.9 Å². The molecule has 3 saturated carbocycles. The van der Waals surface area contributed by atoms with Crippen LogP contribution in [-0.2, 0) is 11.8 Å². The zero-order valence-corrected chi connectivity index (χ0v) is 22.4. The van der Waals surface area contributed by atoms with E-state index in [1.54, 1.807) is 0 Å². The van der Waals surface area contributed by atoms with Gasteiger partial charge in [0.05, 0.1) is 5.39 Å². The Labute approximate surface area is 238 Å². The van der Waals surface area contributed by atoms with E-state index in [9.17, 15) is 4.39 Å². The van der Waals surface area contributed by atoms with E-state index in [0.717, 1.165) is 29.0 Å². The van der Waals surface area contributed by atoms with Crippen molar-refractivity contribution >= 4 is 34.3 Å². The summed E-state index contributed by atoms with van der Waals surface area (Å²) in [6, 6.07) is 3.87. The van der Waals surface area contributed by atoms with Crippen LogP contribution in [0.4, 0.5) is 10.2 Å². The van der Waals surface area contributed by atoms with Crippen molar-refractivity contribution in [1.82, 2.24) is 35.2 Å². The standard InChI is InChI=1S/C21H21FN7.C2H6.CH3NO2.Dy/c1-29-7-6-14-19(24-16-8-11-2-4-12(16)5-3-11)25-20(26-21(14)29)17-15-9-13(22)10-23-18(15)28-27-17;1-2;3-1-2-4;/h6-7,9-12,16H,2-5,8H2,1H3,(H-,23,24,25,26,27,28);1-2H3;1,4H,(H,2,3);/q-1;;;. The van der Waals surface area contributed by atoms with Gasteiger partial charge in [0.1, 0.15) is 23.0 Å². The Bertz CT molecular complexity index is 1300. The Kier molecular flexibility index (Phi) is 10.0. The second-order valence-corrected chi connectivity index (χ2v) is 8.65. The minimum Gasteiger partial charge on any atom is -0.439 e. The van der Waals surface area contributed by atoms with Gasteiger partial charge in [-0.2, -0.15) is 0 Å². The number of fused-ring (bicyclic) bond motifs is 5. The third-order valence-electron chi connectivity index (χ3n) is 6.69. The van der Waals surface area contributed by atoms with E-state index in [4.69, 9.17) is 20.0 Å². The van der Waals surface area contributed by atoms with Gasteiger partial charge in [-0.15, -0.1) is 0 Å². The summed E-state index contributed by atoms with van der Waals surface area (Å²) in [6.07, 6.45) is 9.81. The van der Waals surface area contributed by atoms with Crippen LogP contribution in [0.2, 0.25) is 0 Å². The zero-order chi connectivity index (χ0) is 24.9. The Morgan fingerprint density at radius 2 is 1.92 bits per heavy atom. The largest absolute Gasteiger partial charge is 0.439 e. The number of amides is 1. The quantitative estimate of drug-likeness (QED) is 0.174. The molecule has 12 heteroatoms. The van der Waals surface area contributed by atoms with Crippen LogP contribution in [0.5, 0.6) is 0 Å². The molecule has 3 N–H and O–H groups in total. The van der Waals surface area contributed by atoms with E-state index in [1.807, 2.05) is 37.7 Å². The number of hydrogen-bond acceptors (Lipinski definition) is 7. The molecular formula is C24H30DyFN8O2-. The van der Waals surface area contributed by atoms with E-state index in [0.29, 0.717) is 34.5 Å². The molecule has 0 radical (unpaired) electrons. The number of pyridine rings is 1. The number of carbonyl (C=O) groups is 1. The van der Waals surface area contributed by atoms with E-state index < -0.39 is 5.82 Å². The minimum atomic E-state index is -0.426. The SMILES string of the molecule is CC.Cn1ccc2c(NC3CC4CCC3CC4)nc(-c3n[n-]c4ncc(F)cc34)nc21.O=CNO.[Dy]. The summed E-state index contributed by atoms with van der Waals surface area (Å²) in [5.74, 6) is 2.37. The van der Waals surface area contributed by atoms with Gasteiger partial charge in [0.25, 0.3) is 0 Å². The molecular weight excluding hydrogens is 614 g/mol. The van der Waals surface area contributed by atoms with Crippen molar-refractivity contribution in [2.75, 3.05) is 5.32 Å². The molecule has 36 heavy (non-hydrogen) atoms. The Morgan fingerprint density at radius 1 is 1.19 bits per heavy atom. The number of anilines is 1. The van der Waals surface area contributed by atoms with Gasteiger partial charge in [-0.25, -0.2) is 19.8 Å². The average Bonchev–Trinajstić information content (AvgIpc) is 3.49. The van der Waals surface area contributed by atoms with Crippen molar-refractivity contribution in [2.45, 2.75) is 52.0 Å². The van der Waals surface area contributed by atoms with E-state index in [-0.39, 0.29) is 44.6 Å². The van der Waals surface area contributed by atoms with Crippen molar-refractivity contribution in [3.63, 3.8) is 0 Å². The molecule has 0 spiro atoms. The number of aromatic nitrogens is 6. The van der Waals surface area contributed by atoms with Gasteiger partial charge in [0.2, 0.25) is 6.41 Å². The monoisotopic (exact) mass is 645 g/mol. The molecule has 3 fully saturated rings. The summed E-state index contributed by atoms with van der Waals surface area (Å²) in [4.78, 5) is 22.4. The molecule has 7 rings (SSSR count). The predicted octanol–water partition coefficient (Wildman–Crippen LogP) is 3.81. The molecule has 3 aliphatic rings. The van der Waals surface area contributed by atoms with Gasteiger partial charge < -0.3 is 20.0 Å². The summed E-state index contributed by atoms with van der Waals surface area (Å²) in [5.41, 5.74) is 2.93. The Hall–Kier alpha value is -2.33. The first-order valence-corrected chi connectivity index (χ1v) is 11.9. The number of hydroxylamine groups is 1. The van der Waals surface area contributed by atoms with Crippen molar-refractivity contribution in [3.8, 4) is 11.5 Å². The fourth-order valence-electron chi connectivity index (χ4n) is 5.09. The van der Waals surface area contributed by atoms with E-state index in [1.165, 1.54) is 43.7 Å². The molecule has 4 aromatic rings. The maximum atomic E-state index is 13.8. The average molecular weight is 644 g/mol. The maximum Gasteiger partial charge on any atom is 0.230 e. The second kappa shape index (κ2) is 12.8. The number of nitrogens with one attached hydrogen (secondary N) is 2. The van der Waals surface area contributed by atoms with Crippen molar-refractivity contribution < 1.29 is 52.6 Å². The van der Waals surface area contributed by atoms with Crippen molar-refractivity contribution in [3.05, 3.63) is 30.3 Å². The third kappa shape index (κ3) is 5.80. The van der Waals surface area contributed by atoms with Gasteiger partial charge in [-0.1, -0.05) is 26.7 Å². The first-order chi connectivity index (χ1) is 17.1. The third-order valence-corrected chi connectivity index (χ3v) is 6.69. The molecule has 0 aliphatic heterocycles. The molecule has 4 heterocycles. The fourth-order valence-corrected chi connectivity index (χ4v) is 5.09. The molecule has 1 atom stereocenters. The van der Waals surface area contributed by atoms with Gasteiger partial charge in [-0.3, -0.25) is 15.1 Å². The molecule has 4 aromatic heterocycles. The molecule has 10 nitrogen and oxygen atoms in total. The van der Waals surface area contributed by atoms with Crippen LogP contribution in [0.15, 0.2) is 24.5 Å². The molecule has 0 aromatic carbocycles. The minimum absolute atomic E-state index is 0. The van der Waals surface area contributed by atoms with Crippen LogP contribution >= 0.6 is 0 Å². The molecule has 1 amide bonds. The number of nitrogens with zero attached hydrogens (tertiary/aromatic N) is 6. The molecule has 3 aliphatic carbocycles. The van der Waals surface area contributed by atoms with Gasteiger partial charge in [0.15, 0.2) is 5.82 Å². The van der Waals surface area contributed by atoms with Gasteiger partial charge >= 0.3 is 0 Å². The van der Waals surface area contributed by atoms with Crippen LogP contribution < -0.4 is 15.9 Å². The number of rotatable bonds is 4. The van der Waals surface area contributed by atoms with Crippen LogP contribution in [0, 0.1) is 55.8 Å². The summed E-state index contributed by atoms with van der Waals surface area (Å²) >= 11 is 0. The summed E-state index contributed by atoms with van der Waals surface area (Å²) in [5, 5.41) is 20.8. The summed E-state index contributed by atoms with van der Waals surface area (Å²) < 4.78 is 15.7. The summed E-state index contributed by atoms with van der Waals surface area (Å²) in [6.45, 7) is 4.00. The number of hydrogen-bond donors (Lipinski definition) is 3. The number of halogens is 1. The topological polar surface area (TPSA) is 132 Å². The Morgan fingerprint density at radius 3 is 2.56 bits per heavy atom. The number of carbonyl (C=O) groups excluding carboxylic acids is 1. The van der Waals surface area contributed by atoms with E-state index in [2.05, 4.69) is 20.5 Å². The van der Waals surface area contributed by atoms with Gasteiger partial charge in [-0.05, 0) is 55.1 Å². The van der Waals surface area contributed by atoms with Crippen LogP contribution in [0.1, 0.15) is 46.0 Å². The van der Waals surface area contributed by atoms with Crippen LogP contribution in [0.3, 0.4) is 0 Å². The van der Waals surface area contributed by atoms with Gasteiger partial charge in [0, 0.05) is 62.8 Å². The van der Waals surface area contributed by atoms with Crippen LogP contribution in [-0.4, -0.2) is 42.3 Å². The molecule has 1 unspecified atom stereocenters. The zero-order valence-electron chi connectivity index (χ0n) is 20.4. The maximum absolute atomic E-state index is 13.8. The van der Waals surface area contributed by atoms with E-state index >= 15 is 0 Å². The normalized spacial score (nSPS) is 20.0. The summed E-state index contributed by atoms with van der Waals surface area (Å²) in [7, 11) is 1.96. The predicted molar refractivity (Wildman–Crippen MR) is 130 cm³/mol. The van der Waals surface area contributed by atoms with Crippen LogP contribution in [0.25, 0.3) is 33.6 Å².